The zero-order chi connectivity index (χ0) is 13.6. The van der Waals surface area contributed by atoms with Crippen molar-refractivity contribution in [3.8, 4) is 0 Å². The summed E-state index contributed by atoms with van der Waals surface area (Å²) in [5, 5.41) is 3.16. The summed E-state index contributed by atoms with van der Waals surface area (Å²) in [5.74, 6) is 0.532. The average Bonchev–Trinajstić information content (AvgIpc) is 2.07. The van der Waals surface area contributed by atoms with Gasteiger partial charge in [0.1, 0.15) is 0 Å². The fourth-order valence-corrected chi connectivity index (χ4v) is 1.82. The summed E-state index contributed by atoms with van der Waals surface area (Å²) in [7, 11) is 0. The van der Waals surface area contributed by atoms with Crippen LogP contribution in [0.15, 0.2) is 4.99 Å². The van der Waals surface area contributed by atoms with Crippen molar-refractivity contribution < 1.29 is 0 Å². The van der Waals surface area contributed by atoms with Crippen molar-refractivity contribution in [2.75, 3.05) is 13.1 Å². The maximum absolute atomic E-state index is 5.82. The Morgan fingerprint density at radius 3 is 1.94 bits per heavy atom. The molecule has 0 aliphatic rings. The van der Waals surface area contributed by atoms with E-state index in [-0.39, 0.29) is 29.5 Å². The Bertz CT molecular complexity index is 236. The van der Waals surface area contributed by atoms with Crippen LogP contribution in [0.4, 0.5) is 0 Å². The summed E-state index contributed by atoms with van der Waals surface area (Å²) < 4.78 is 0. The van der Waals surface area contributed by atoms with Gasteiger partial charge in [0.2, 0.25) is 0 Å². The van der Waals surface area contributed by atoms with E-state index < -0.39 is 0 Å². The van der Waals surface area contributed by atoms with E-state index >= 15 is 0 Å². The average molecular weight is 370 g/mol. The predicted molar refractivity (Wildman–Crippen MR) is 91.8 cm³/mol. The molecule has 3 N–H and O–H groups in total. The molecule has 0 unspecified atom stereocenters. The Morgan fingerprint density at radius 1 is 1.17 bits per heavy atom. The molecule has 0 saturated heterocycles. The molecule has 0 radical (unpaired) electrons. The molecule has 0 fully saturated rings. The number of nitrogens with zero attached hydrogens (tertiary/aromatic N) is 2. The molecule has 0 saturated carbocycles. The summed E-state index contributed by atoms with van der Waals surface area (Å²) >= 11 is 0. The molecule has 5 heteroatoms. The molecular formula is C13H31IN4. The third-order valence-electron chi connectivity index (χ3n) is 2.47. The van der Waals surface area contributed by atoms with Crippen molar-refractivity contribution in [3.05, 3.63) is 0 Å². The first kappa shape index (κ1) is 20.3. The molecular weight excluding hydrogens is 339 g/mol. The zero-order valence-electron chi connectivity index (χ0n) is 12.9. The Labute approximate surface area is 130 Å². The summed E-state index contributed by atoms with van der Waals surface area (Å²) in [4.78, 5) is 6.77. The number of nitrogens with one attached hydrogen (secondary N) is 1. The Kier molecular flexibility index (Phi) is 10.1. The van der Waals surface area contributed by atoms with Gasteiger partial charge in [0, 0.05) is 24.2 Å². The molecule has 0 atom stereocenters. The number of rotatable bonds is 5. The number of halogens is 1. The SMILES string of the molecule is CC(C)N(CCN=C(N)NC(C)(C)C)C(C)C.I. The summed E-state index contributed by atoms with van der Waals surface area (Å²) in [6.45, 7) is 16.7. The lowest BCUT2D eigenvalue weighted by Crippen LogP contribution is -2.45. The van der Waals surface area contributed by atoms with Gasteiger partial charge in [0.25, 0.3) is 0 Å². The molecule has 0 amide bonds. The molecule has 0 rings (SSSR count). The van der Waals surface area contributed by atoms with Gasteiger partial charge < -0.3 is 11.1 Å². The highest BCUT2D eigenvalue weighted by Crippen LogP contribution is 2.04. The van der Waals surface area contributed by atoms with Crippen LogP contribution < -0.4 is 11.1 Å². The Hall–Kier alpha value is -0.0400. The maximum Gasteiger partial charge on any atom is 0.189 e. The van der Waals surface area contributed by atoms with Crippen LogP contribution in [-0.2, 0) is 0 Å². The van der Waals surface area contributed by atoms with Gasteiger partial charge in [0.15, 0.2) is 5.96 Å². The highest BCUT2D eigenvalue weighted by atomic mass is 127. The van der Waals surface area contributed by atoms with E-state index in [0.29, 0.717) is 18.0 Å². The lowest BCUT2D eigenvalue weighted by Gasteiger charge is -2.30. The summed E-state index contributed by atoms with van der Waals surface area (Å²) in [6, 6.07) is 1.09. The monoisotopic (exact) mass is 370 g/mol. The zero-order valence-corrected chi connectivity index (χ0v) is 15.3. The summed E-state index contributed by atoms with van der Waals surface area (Å²) in [5.41, 5.74) is 5.79. The Morgan fingerprint density at radius 2 is 1.61 bits per heavy atom. The fourth-order valence-electron chi connectivity index (χ4n) is 1.82. The van der Waals surface area contributed by atoms with E-state index in [0.717, 1.165) is 13.1 Å². The predicted octanol–water partition coefficient (Wildman–Crippen LogP) is 2.43. The van der Waals surface area contributed by atoms with E-state index in [1.807, 2.05) is 0 Å². The fraction of sp³-hybridized carbons (Fsp3) is 0.923. The highest BCUT2D eigenvalue weighted by Gasteiger charge is 2.13. The molecule has 0 aliphatic carbocycles. The van der Waals surface area contributed by atoms with Gasteiger partial charge in [-0.25, -0.2) is 0 Å². The van der Waals surface area contributed by atoms with Gasteiger partial charge in [-0.15, -0.1) is 24.0 Å². The second-order valence-electron chi connectivity index (χ2n) is 6.07. The first-order valence-electron chi connectivity index (χ1n) is 6.47. The van der Waals surface area contributed by atoms with Crippen LogP contribution in [0.5, 0.6) is 0 Å². The minimum absolute atomic E-state index is 0. The molecule has 0 aromatic heterocycles. The Balaban J connectivity index is 0. The number of aliphatic imine (C=N–C) groups is 1. The van der Waals surface area contributed by atoms with Gasteiger partial charge in [-0.3, -0.25) is 9.89 Å². The first-order chi connectivity index (χ1) is 7.63. The molecule has 18 heavy (non-hydrogen) atoms. The second-order valence-corrected chi connectivity index (χ2v) is 6.07. The van der Waals surface area contributed by atoms with E-state index in [2.05, 4.69) is 63.7 Å². The van der Waals surface area contributed by atoms with Gasteiger partial charge in [-0.2, -0.15) is 0 Å². The topological polar surface area (TPSA) is 53.6 Å². The molecule has 4 nitrogen and oxygen atoms in total. The third kappa shape index (κ3) is 9.94. The van der Waals surface area contributed by atoms with Gasteiger partial charge in [-0.05, 0) is 48.5 Å². The van der Waals surface area contributed by atoms with E-state index in [1.165, 1.54) is 0 Å². The first-order valence-corrected chi connectivity index (χ1v) is 6.47. The van der Waals surface area contributed by atoms with E-state index in [1.54, 1.807) is 0 Å². The van der Waals surface area contributed by atoms with Crippen molar-refractivity contribution in [2.45, 2.75) is 66.1 Å². The lowest BCUT2D eigenvalue weighted by atomic mass is 10.1. The van der Waals surface area contributed by atoms with Gasteiger partial charge in [-0.1, -0.05) is 0 Å². The number of hydrogen-bond donors (Lipinski definition) is 2. The standard InChI is InChI=1S/C13H30N4.HI/c1-10(2)17(11(3)4)9-8-15-12(14)16-13(5,6)7;/h10-11H,8-9H2,1-7H3,(H3,14,15,16);1H. The molecule has 0 spiro atoms. The molecule has 0 aromatic carbocycles. The summed E-state index contributed by atoms with van der Waals surface area (Å²) in [6.07, 6.45) is 0. The van der Waals surface area contributed by atoms with Gasteiger partial charge >= 0.3 is 0 Å². The van der Waals surface area contributed by atoms with Crippen LogP contribution in [0.1, 0.15) is 48.5 Å². The van der Waals surface area contributed by atoms with Crippen molar-refractivity contribution in [3.63, 3.8) is 0 Å². The van der Waals surface area contributed by atoms with Crippen molar-refractivity contribution >= 4 is 29.9 Å². The third-order valence-corrected chi connectivity index (χ3v) is 2.47. The van der Waals surface area contributed by atoms with Crippen molar-refractivity contribution in [2.24, 2.45) is 10.7 Å². The second kappa shape index (κ2) is 8.96. The molecule has 0 aliphatic heterocycles. The minimum atomic E-state index is -0.0244. The molecule has 0 aromatic rings. The maximum atomic E-state index is 5.82. The van der Waals surface area contributed by atoms with Crippen LogP contribution in [-0.4, -0.2) is 41.6 Å². The largest absolute Gasteiger partial charge is 0.370 e. The highest BCUT2D eigenvalue weighted by molar-refractivity contribution is 14.0. The normalized spacial score (nSPS) is 13.1. The number of nitrogens with two attached hydrogens (primary N) is 1. The van der Waals surface area contributed by atoms with E-state index in [4.69, 9.17) is 5.73 Å². The van der Waals surface area contributed by atoms with Crippen LogP contribution in [0.2, 0.25) is 0 Å². The van der Waals surface area contributed by atoms with Crippen LogP contribution in [0.25, 0.3) is 0 Å². The lowest BCUT2D eigenvalue weighted by molar-refractivity contribution is 0.181. The van der Waals surface area contributed by atoms with Crippen LogP contribution >= 0.6 is 24.0 Å². The number of guanidine groups is 1. The quantitative estimate of drug-likeness (QED) is 0.444. The van der Waals surface area contributed by atoms with Gasteiger partial charge in [0.05, 0.1) is 6.54 Å². The molecule has 0 bridgehead atoms. The van der Waals surface area contributed by atoms with Crippen molar-refractivity contribution in [1.82, 2.24) is 10.2 Å². The van der Waals surface area contributed by atoms with Crippen LogP contribution in [0.3, 0.4) is 0 Å². The van der Waals surface area contributed by atoms with Crippen LogP contribution in [0, 0.1) is 0 Å². The molecule has 0 heterocycles. The van der Waals surface area contributed by atoms with E-state index in [9.17, 15) is 0 Å². The van der Waals surface area contributed by atoms with Crippen molar-refractivity contribution in [1.29, 1.82) is 0 Å². The smallest absolute Gasteiger partial charge is 0.189 e. The number of hydrogen-bond acceptors (Lipinski definition) is 2. The molecule has 110 valence electrons. The minimum Gasteiger partial charge on any atom is -0.370 e.